The van der Waals surface area contributed by atoms with Crippen LogP contribution in [-0.4, -0.2) is 60.9 Å². The number of aromatic nitrogens is 2. The Morgan fingerprint density at radius 2 is 1.94 bits per heavy atom. The molecule has 184 valence electrons. The Balaban J connectivity index is 1.62. The van der Waals surface area contributed by atoms with E-state index in [1.807, 2.05) is 30.0 Å². The molecule has 0 bridgehead atoms. The van der Waals surface area contributed by atoms with Crippen LogP contribution in [0.3, 0.4) is 0 Å². The van der Waals surface area contributed by atoms with E-state index in [1.54, 1.807) is 27.9 Å². The lowest BCUT2D eigenvalue weighted by atomic mass is 10.1. The topological polar surface area (TPSA) is 115 Å². The number of hydrogen-bond acceptors (Lipinski definition) is 8. The molecule has 0 atom stereocenters. The first-order valence-electron chi connectivity index (χ1n) is 11.4. The number of amides is 2. The second-order valence-electron chi connectivity index (χ2n) is 8.72. The SMILES string of the molecule is CCOc1nc(N2CCc3c(OC)cccc32)ncc1C(=O)NCCCNC(=O)OC(C)(C)C. The summed E-state index contributed by atoms with van der Waals surface area (Å²) in [5.74, 6) is 1.19. The highest BCUT2D eigenvalue weighted by molar-refractivity contribution is 5.96. The fourth-order valence-electron chi connectivity index (χ4n) is 3.58. The standard InChI is InChI=1S/C24H33N5O5/c1-6-33-21-17(20(30)25-12-8-13-26-23(31)34-24(2,3)4)15-27-22(28-21)29-14-11-16-18(29)9-7-10-19(16)32-5/h7,9-10,15H,6,8,11-14H2,1-5H3,(H,25,30)(H,26,31). The second kappa shape index (κ2) is 11.0. The lowest BCUT2D eigenvalue weighted by molar-refractivity contribution is 0.0527. The van der Waals surface area contributed by atoms with E-state index in [9.17, 15) is 9.59 Å². The number of nitrogens with one attached hydrogen (secondary N) is 2. The molecule has 2 heterocycles. The van der Waals surface area contributed by atoms with Crippen molar-refractivity contribution in [2.24, 2.45) is 0 Å². The summed E-state index contributed by atoms with van der Waals surface area (Å²) < 4.78 is 16.3. The van der Waals surface area contributed by atoms with Crippen molar-refractivity contribution in [3.63, 3.8) is 0 Å². The molecule has 2 amide bonds. The van der Waals surface area contributed by atoms with Crippen LogP contribution in [0.4, 0.5) is 16.4 Å². The number of alkyl carbamates (subject to hydrolysis) is 1. The normalized spacial score (nSPS) is 12.7. The number of benzene rings is 1. The minimum Gasteiger partial charge on any atom is -0.496 e. The minimum atomic E-state index is -0.552. The monoisotopic (exact) mass is 471 g/mol. The van der Waals surface area contributed by atoms with Crippen LogP contribution in [0, 0.1) is 0 Å². The average molecular weight is 472 g/mol. The Kier molecular flexibility index (Phi) is 8.14. The Labute approximate surface area is 200 Å². The summed E-state index contributed by atoms with van der Waals surface area (Å²) in [6.45, 7) is 9.04. The number of nitrogens with zero attached hydrogens (tertiary/aromatic N) is 3. The lowest BCUT2D eigenvalue weighted by Gasteiger charge is -2.19. The van der Waals surface area contributed by atoms with Crippen LogP contribution in [0.2, 0.25) is 0 Å². The first kappa shape index (κ1) is 25.1. The van der Waals surface area contributed by atoms with Gasteiger partial charge in [0.1, 0.15) is 16.9 Å². The van der Waals surface area contributed by atoms with Crippen molar-refractivity contribution in [1.29, 1.82) is 0 Å². The number of fused-ring (bicyclic) bond motifs is 1. The molecule has 3 rings (SSSR count). The highest BCUT2D eigenvalue weighted by atomic mass is 16.6. The second-order valence-corrected chi connectivity index (χ2v) is 8.72. The van der Waals surface area contributed by atoms with E-state index in [4.69, 9.17) is 14.2 Å². The molecule has 0 fully saturated rings. The summed E-state index contributed by atoms with van der Waals surface area (Å²) >= 11 is 0. The maximum Gasteiger partial charge on any atom is 0.407 e. The zero-order valence-electron chi connectivity index (χ0n) is 20.4. The van der Waals surface area contributed by atoms with Crippen LogP contribution in [-0.2, 0) is 11.2 Å². The third-order valence-corrected chi connectivity index (χ3v) is 5.02. The number of ether oxygens (including phenoxy) is 3. The molecule has 0 unspecified atom stereocenters. The van der Waals surface area contributed by atoms with Crippen molar-refractivity contribution in [2.45, 2.75) is 46.1 Å². The van der Waals surface area contributed by atoms with E-state index >= 15 is 0 Å². The molecular formula is C24H33N5O5. The molecule has 10 nitrogen and oxygen atoms in total. The molecule has 0 saturated carbocycles. The molecule has 2 aromatic rings. The number of rotatable bonds is 9. The van der Waals surface area contributed by atoms with Crippen molar-refractivity contribution < 1.29 is 23.8 Å². The van der Waals surface area contributed by atoms with Crippen molar-refractivity contribution >= 4 is 23.6 Å². The summed E-state index contributed by atoms with van der Waals surface area (Å²) in [6.07, 6.45) is 2.36. The van der Waals surface area contributed by atoms with Crippen molar-refractivity contribution in [2.75, 3.05) is 38.3 Å². The molecule has 1 aliphatic heterocycles. The Bertz CT molecular complexity index is 1020. The van der Waals surface area contributed by atoms with E-state index in [-0.39, 0.29) is 17.4 Å². The maximum absolute atomic E-state index is 12.7. The highest BCUT2D eigenvalue weighted by Gasteiger charge is 2.27. The fourth-order valence-corrected chi connectivity index (χ4v) is 3.58. The predicted molar refractivity (Wildman–Crippen MR) is 128 cm³/mol. The molecule has 0 saturated heterocycles. The van der Waals surface area contributed by atoms with E-state index in [0.29, 0.717) is 38.6 Å². The maximum atomic E-state index is 12.7. The van der Waals surface area contributed by atoms with Gasteiger partial charge in [-0.3, -0.25) is 4.79 Å². The molecule has 1 aliphatic rings. The van der Waals surface area contributed by atoms with Gasteiger partial charge in [-0.05, 0) is 52.7 Å². The lowest BCUT2D eigenvalue weighted by Crippen LogP contribution is -2.34. The van der Waals surface area contributed by atoms with Crippen LogP contribution < -0.4 is 25.0 Å². The van der Waals surface area contributed by atoms with Gasteiger partial charge in [-0.15, -0.1) is 0 Å². The van der Waals surface area contributed by atoms with Crippen molar-refractivity contribution in [3.8, 4) is 11.6 Å². The highest BCUT2D eigenvalue weighted by Crippen LogP contribution is 2.38. The van der Waals surface area contributed by atoms with Gasteiger partial charge in [0, 0.05) is 31.4 Å². The first-order chi connectivity index (χ1) is 16.2. The summed E-state index contributed by atoms with van der Waals surface area (Å²) in [7, 11) is 1.66. The Hall–Kier alpha value is -3.56. The van der Waals surface area contributed by atoms with Gasteiger partial charge >= 0.3 is 6.09 Å². The number of carbonyl (C=O) groups excluding carboxylic acids is 2. The van der Waals surface area contributed by atoms with E-state index < -0.39 is 11.7 Å². The van der Waals surface area contributed by atoms with Crippen LogP contribution in [0.1, 0.15) is 50.0 Å². The summed E-state index contributed by atoms with van der Waals surface area (Å²) in [4.78, 5) is 35.4. The largest absolute Gasteiger partial charge is 0.496 e. The fraction of sp³-hybridized carbons (Fsp3) is 0.500. The summed E-state index contributed by atoms with van der Waals surface area (Å²) in [5.41, 5.74) is 1.80. The van der Waals surface area contributed by atoms with E-state index in [1.165, 1.54) is 6.20 Å². The Morgan fingerprint density at radius 1 is 1.18 bits per heavy atom. The molecule has 0 spiro atoms. The number of methoxy groups -OCH3 is 1. The van der Waals surface area contributed by atoms with Gasteiger partial charge in [-0.2, -0.15) is 4.98 Å². The third kappa shape index (κ3) is 6.27. The molecular weight excluding hydrogens is 438 g/mol. The summed E-state index contributed by atoms with van der Waals surface area (Å²) in [5, 5.41) is 5.48. The van der Waals surface area contributed by atoms with Gasteiger partial charge in [0.25, 0.3) is 5.91 Å². The zero-order valence-corrected chi connectivity index (χ0v) is 20.4. The number of anilines is 2. The quantitative estimate of drug-likeness (QED) is 0.536. The van der Waals surface area contributed by atoms with Gasteiger partial charge in [-0.1, -0.05) is 6.07 Å². The van der Waals surface area contributed by atoms with Crippen LogP contribution in [0.5, 0.6) is 11.6 Å². The molecule has 2 N–H and O–H groups in total. The predicted octanol–water partition coefficient (Wildman–Crippen LogP) is 3.22. The minimum absolute atomic E-state index is 0.230. The summed E-state index contributed by atoms with van der Waals surface area (Å²) in [6, 6.07) is 5.87. The van der Waals surface area contributed by atoms with Crippen LogP contribution >= 0.6 is 0 Å². The van der Waals surface area contributed by atoms with Gasteiger partial charge in [0.15, 0.2) is 0 Å². The molecule has 1 aromatic heterocycles. The van der Waals surface area contributed by atoms with Crippen molar-refractivity contribution in [1.82, 2.24) is 20.6 Å². The Morgan fingerprint density at radius 3 is 2.65 bits per heavy atom. The van der Waals surface area contributed by atoms with Gasteiger partial charge in [0.2, 0.25) is 11.8 Å². The van der Waals surface area contributed by atoms with Crippen molar-refractivity contribution in [3.05, 3.63) is 35.5 Å². The van der Waals surface area contributed by atoms with Gasteiger partial charge in [0.05, 0.1) is 19.4 Å². The van der Waals surface area contributed by atoms with Crippen LogP contribution in [0.15, 0.2) is 24.4 Å². The zero-order chi connectivity index (χ0) is 24.7. The first-order valence-corrected chi connectivity index (χ1v) is 11.4. The number of carbonyl (C=O) groups is 2. The molecule has 1 aromatic carbocycles. The van der Waals surface area contributed by atoms with Gasteiger partial charge < -0.3 is 29.7 Å². The number of hydrogen-bond donors (Lipinski definition) is 2. The van der Waals surface area contributed by atoms with Gasteiger partial charge in [-0.25, -0.2) is 9.78 Å². The van der Waals surface area contributed by atoms with Crippen LogP contribution in [0.25, 0.3) is 0 Å². The van der Waals surface area contributed by atoms with E-state index in [0.717, 1.165) is 23.4 Å². The molecule has 34 heavy (non-hydrogen) atoms. The third-order valence-electron chi connectivity index (χ3n) is 5.02. The van der Waals surface area contributed by atoms with E-state index in [2.05, 4.69) is 20.6 Å². The average Bonchev–Trinajstić information content (AvgIpc) is 3.22. The molecule has 10 heteroatoms. The molecule has 0 radical (unpaired) electrons. The smallest absolute Gasteiger partial charge is 0.407 e. The molecule has 0 aliphatic carbocycles.